The zero-order valence-corrected chi connectivity index (χ0v) is 11.0. The van der Waals surface area contributed by atoms with Gasteiger partial charge in [-0.25, -0.2) is 9.48 Å². The highest BCUT2D eigenvalue weighted by molar-refractivity contribution is 9.10. The molecule has 0 unspecified atom stereocenters. The van der Waals surface area contributed by atoms with E-state index >= 15 is 0 Å². The second-order valence-corrected chi connectivity index (χ2v) is 4.60. The molecule has 18 heavy (non-hydrogen) atoms. The molecule has 2 rings (SSSR count). The first-order valence-corrected chi connectivity index (χ1v) is 5.86. The second kappa shape index (κ2) is 4.73. The number of carbonyl (C=O) groups is 1. The van der Waals surface area contributed by atoms with Crippen LogP contribution in [-0.4, -0.2) is 20.9 Å². The quantitative estimate of drug-likeness (QED) is 0.920. The number of hydrogen-bond donors (Lipinski definition) is 1. The molecule has 0 aliphatic rings. The molecular weight excluding hydrogens is 300 g/mol. The molecule has 6 heteroatoms. The lowest BCUT2D eigenvalue weighted by molar-refractivity contribution is 0.0694. The molecule has 1 aromatic carbocycles. The lowest BCUT2D eigenvalue weighted by Crippen LogP contribution is -2.26. The first kappa shape index (κ1) is 12.5. The molecule has 0 spiro atoms. The maximum atomic E-state index is 11.6. The van der Waals surface area contributed by atoms with Gasteiger partial charge in [-0.3, -0.25) is 4.79 Å². The zero-order chi connectivity index (χ0) is 13.3. The summed E-state index contributed by atoms with van der Waals surface area (Å²) < 4.78 is 1.88. The van der Waals surface area contributed by atoms with Crippen LogP contribution in [0.25, 0.3) is 11.3 Å². The minimum atomic E-state index is -1.26. The van der Waals surface area contributed by atoms with E-state index < -0.39 is 11.5 Å². The molecule has 1 heterocycles. The summed E-state index contributed by atoms with van der Waals surface area (Å²) >= 11 is 3.33. The Kier molecular flexibility index (Phi) is 3.29. The summed E-state index contributed by atoms with van der Waals surface area (Å²) in [7, 11) is 1.43. The predicted octanol–water partition coefficient (Wildman–Crippen LogP) is 1.91. The normalized spacial score (nSPS) is 10.3. The molecule has 0 fully saturated rings. The average Bonchev–Trinajstić information content (AvgIpc) is 2.32. The molecule has 0 radical (unpaired) electrons. The molecule has 0 bridgehead atoms. The Hall–Kier alpha value is -1.95. The van der Waals surface area contributed by atoms with Crippen molar-refractivity contribution in [2.24, 2.45) is 7.05 Å². The maximum absolute atomic E-state index is 11.6. The monoisotopic (exact) mass is 308 g/mol. The van der Waals surface area contributed by atoms with Gasteiger partial charge in [-0.2, -0.15) is 5.10 Å². The second-order valence-electron chi connectivity index (χ2n) is 3.69. The Morgan fingerprint density at radius 3 is 2.72 bits per heavy atom. The summed E-state index contributed by atoms with van der Waals surface area (Å²) in [4.78, 5) is 22.5. The molecule has 0 aliphatic heterocycles. The van der Waals surface area contributed by atoms with E-state index in [0.29, 0.717) is 5.69 Å². The Bertz CT molecular complexity index is 679. The van der Waals surface area contributed by atoms with Gasteiger partial charge in [0.15, 0.2) is 0 Å². The van der Waals surface area contributed by atoms with E-state index in [9.17, 15) is 9.59 Å². The smallest absolute Gasteiger partial charge is 0.341 e. The average molecular weight is 309 g/mol. The number of aromatic nitrogens is 2. The number of hydrogen-bond acceptors (Lipinski definition) is 3. The number of carboxylic acids is 1. The zero-order valence-electron chi connectivity index (χ0n) is 9.42. The summed E-state index contributed by atoms with van der Waals surface area (Å²) in [6.07, 6.45) is 0. The van der Waals surface area contributed by atoms with Crippen LogP contribution in [0.2, 0.25) is 0 Å². The van der Waals surface area contributed by atoms with Gasteiger partial charge >= 0.3 is 5.97 Å². The number of halogens is 1. The van der Waals surface area contributed by atoms with Gasteiger partial charge in [0.25, 0.3) is 5.56 Å². The van der Waals surface area contributed by atoms with Crippen molar-refractivity contribution in [3.63, 3.8) is 0 Å². The number of benzene rings is 1. The fraction of sp³-hybridized carbons (Fsp3) is 0.0833. The first-order valence-electron chi connectivity index (χ1n) is 5.06. The Morgan fingerprint density at radius 1 is 1.39 bits per heavy atom. The molecule has 0 aliphatic carbocycles. The van der Waals surface area contributed by atoms with Gasteiger partial charge < -0.3 is 5.11 Å². The minimum Gasteiger partial charge on any atom is -0.477 e. The highest BCUT2D eigenvalue weighted by Crippen LogP contribution is 2.20. The molecule has 0 saturated carbocycles. The van der Waals surface area contributed by atoms with Crippen molar-refractivity contribution >= 4 is 21.9 Å². The lowest BCUT2D eigenvalue weighted by atomic mass is 10.1. The number of aryl methyl sites for hydroxylation is 1. The van der Waals surface area contributed by atoms with Crippen LogP contribution in [-0.2, 0) is 7.05 Å². The SMILES string of the molecule is Cn1nc(-c2cccc(Br)c2)cc(C(=O)O)c1=O. The fourth-order valence-corrected chi connectivity index (χ4v) is 1.95. The van der Waals surface area contributed by atoms with Crippen LogP contribution in [0.3, 0.4) is 0 Å². The topological polar surface area (TPSA) is 72.2 Å². The standard InChI is InChI=1S/C12H9BrN2O3/c1-15-11(16)9(12(17)18)6-10(14-15)7-3-2-4-8(13)5-7/h2-6H,1H3,(H,17,18). The Morgan fingerprint density at radius 2 is 2.11 bits per heavy atom. The third kappa shape index (κ3) is 2.33. The van der Waals surface area contributed by atoms with Crippen LogP contribution in [0.4, 0.5) is 0 Å². The van der Waals surface area contributed by atoms with Gasteiger partial charge in [-0.1, -0.05) is 28.1 Å². The highest BCUT2D eigenvalue weighted by Gasteiger charge is 2.13. The van der Waals surface area contributed by atoms with Crippen LogP contribution >= 0.6 is 15.9 Å². The van der Waals surface area contributed by atoms with Crippen molar-refractivity contribution in [1.82, 2.24) is 9.78 Å². The summed E-state index contributed by atoms with van der Waals surface area (Å²) in [5, 5.41) is 13.0. The molecule has 0 amide bonds. The Labute approximate surface area is 111 Å². The third-order valence-electron chi connectivity index (χ3n) is 2.41. The van der Waals surface area contributed by atoms with E-state index in [4.69, 9.17) is 5.11 Å². The molecule has 2 aromatic rings. The molecule has 1 N–H and O–H groups in total. The minimum absolute atomic E-state index is 0.289. The molecule has 1 aromatic heterocycles. The molecule has 5 nitrogen and oxygen atoms in total. The van der Waals surface area contributed by atoms with E-state index in [1.165, 1.54) is 13.1 Å². The molecule has 92 valence electrons. The van der Waals surface area contributed by atoms with E-state index in [0.717, 1.165) is 14.7 Å². The molecule has 0 saturated heterocycles. The molecular formula is C12H9BrN2O3. The largest absolute Gasteiger partial charge is 0.477 e. The predicted molar refractivity (Wildman–Crippen MR) is 69.6 cm³/mol. The number of nitrogens with zero attached hydrogens (tertiary/aromatic N) is 2. The van der Waals surface area contributed by atoms with Gasteiger partial charge in [-0.05, 0) is 18.2 Å². The van der Waals surface area contributed by atoms with E-state index in [-0.39, 0.29) is 5.56 Å². The summed E-state index contributed by atoms with van der Waals surface area (Å²) in [5.74, 6) is -1.26. The van der Waals surface area contributed by atoms with Crippen LogP contribution in [0.1, 0.15) is 10.4 Å². The maximum Gasteiger partial charge on any atom is 0.341 e. The number of rotatable bonds is 2. The third-order valence-corrected chi connectivity index (χ3v) is 2.91. The summed E-state index contributed by atoms with van der Waals surface area (Å²) in [6, 6.07) is 8.55. The van der Waals surface area contributed by atoms with Crippen molar-refractivity contribution in [2.75, 3.05) is 0 Å². The van der Waals surface area contributed by atoms with Crippen molar-refractivity contribution in [3.8, 4) is 11.3 Å². The van der Waals surface area contributed by atoms with E-state index in [1.54, 1.807) is 12.1 Å². The highest BCUT2D eigenvalue weighted by atomic mass is 79.9. The van der Waals surface area contributed by atoms with Crippen molar-refractivity contribution < 1.29 is 9.90 Å². The Balaban J connectivity index is 2.66. The molecule has 0 atom stereocenters. The van der Waals surface area contributed by atoms with Gasteiger partial charge in [0.1, 0.15) is 5.56 Å². The van der Waals surface area contributed by atoms with Crippen LogP contribution < -0.4 is 5.56 Å². The summed E-state index contributed by atoms with van der Waals surface area (Å²) in [5.41, 5.74) is 0.266. The van der Waals surface area contributed by atoms with Crippen LogP contribution in [0.15, 0.2) is 39.6 Å². The van der Waals surface area contributed by atoms with Gasteiger partial charge in [0.05, 0.1) is 5.69 Å². The van der Waals surface area contributed by atoms with Gasteiger partial charge in [-0.15, -0.1) is 0 Å². The first-order chi connectivity index (χ1) is 8.49. The van der Waals surface area contributed by atoms with Crippen molar-refractivity contribution in [3.05, 3.63) is 50.7 Å². The van der Waals surface area contributed by atoms with Crippen LogP contribution in [0, 0.1) is 0 Å². The number of aromatic carboxylic acids is 1. The summed E-state index contributed by atoms with van der Waals surface area (Å²) in [6.45, 7) is 0. The van der Waals surface area contributed by atoms with E-state index in [2.05, 4.69) is 21.0 Å². The lowest BCUT2D eigenvalue weighted by Gasteiger charge is -2.05. The number of carboxylic acid groups (broad SMARTS) is 1. The van der Waals surface area contributed by atoms with Crippen LogP contribution in [0.5, 0.6) is 0 Å². The van der Waals surface area contributed by atoms with Crippen molar-refractivity contribution in [2.45, 2.75) is 0 Å². The van der Waals surface area contributed by atoms with Gasteiger partial charge in [0, 0.05) is 17.1 Å². The van der Waals surface area contributed by atoms with Gasteiger partial charge in [0.2, 0.25) is 0 Å². The van der Waals surface area contributed by atoms with Crippen molar-refractivity contribution in [1.29, 1.82) is 0 Å². The van der Waals surface area contributed by atoms with E-state index in [1.807, 2.05) is 12.1 Å². The fourth-order valence-electron chi connectivity index (χ4n) is 1.55.